The molecule has 1 aromatic heterocycles. The maximum atomic E-state index is 5.72. The Hall–Kier alpha value is -1.85. The fourth-order valence-electron chi connectivity index (χ4n) is 1.91. The van der Waals surface area contributed by atoms with E-state index in [1.165, 1.54) is 0 Å². The van der Waals surface area contributed by atoms with E-state index < -0.39 is 0 Å². The highest BCUT2D eigenvalue weighted by atomic mass is 35.5. The Morgan fingerprint density at radius 3 is 2.27 bits per heavy atom. The van der Waals surface area contributed by atoms with Crippen molar-refractivity contribution in [3.05, 3.63) is 36.0 Å². The van der Waals surface area contributed by atoms with Gasteiger partial charge in [-0.05, 0) is 44.2 Å². The first-order valence-corrected chi connectivity index (χ1v) is 7.02. The van der Waals surface area contributed by atoms with E-state index in [0.29, 0.717) is 12.5 Å². The molecule has 0 fully saturated rings. The van der Waals surface area contributed by atoms with Crippen LogP contribution in [0.1, 0.15) is 19.5 Å². The van der Waals surface area contributed by atoms with Gasteiger partial charge in [-0.2, -0.15) is 0 Å². The summed E-state index contributed by atoms with van der Waals surface area (Å²) in [5.41, 5.74) is 8.43. The number of ether oxygens (including phenoxy) is 1. The molecule has 0 aliphatic rings. The molecule has 22 heavy (non-hydrogen) atoms. The lowest BCUT2D eigenvalue weighted by atomic mass is 10.1. The largest absolute Gasteiger partial charge is 0.491 e. The second kappa shape index (κ2) is 7.96. The summed E-state index contributed by atoms with van der Waals surface area (Å²) < 4.78 is 5.65. The Kier molecular flexibility index (Phi) is 6.59. The fourth-order valence-corrected chi connectivity index (χ4v) is 1.91. The molecule has 6 heteroatoms. The minimum Gasteiger partial charge on any atom is -0.491 e. The molecular formula is C16H23ClN4O. The third-order valence-corrected chi connectivity index (χ3v) is 2.90. The maximum Gasteiger partial charge on any atom is 0.225 e. The lowest BCUT2D eigenvalue weighted by molar-refractivity contribution is 0.242. The quantitative estimate of drug-likeness (QED) is 0.917. The smallest absolute Gasteiger partial charge is 0.225 e. The molecule has 2 aromatic rings. The molecule has 0 unspecified atom stereocenters. The summed E-state index contributed by atoms with van der Waals surface area (Å²) in [6.45, 7) is 4.41. The Labute approximate surface area is 137 Å². The van der Waals surface area contributed by atoms with Gasteiger partial charge in [-0.3, -0.25) is 0 Å². The molecule has 1 aromatic carbocycles. The summed E-state index contributed by atoms with van der Waals surface area (Å²) >= 11 is 0. The minimum absolute atomic E-state index is 0. The Balaban J connectivity index is 0.00000242. The van der Waals surface area contributed by atoms with Crippen LogP contribution in [0.25, 0.3) is 11.3 Å². The first-order chi connectivity index (χ1) is 9.99. The predicted octanol–water partition coefficient (Wildman–Crippen LogP) is 2.88. The van der Waals surface area contributed by atoms with Crippen LogP contribution in [0.5, 0.6) is 5.75 Å². The SMILES string of the molecule is CC(C)Oc1ccc(-c2cc(CN)nc(N(C)C)n2)cc1.Cl. The molecule has 0 bridgehead atoms. The number of nitrogens with zero attached hydrogens (tertiary/aromatic N) is 3. The van der Waals surface area contributed by atoms with Gasteiger partial charge >= 0.3 is 0 Å². The van der Waals surface area contributed by atoms with Gasteiger partial charge < -0.3 is 15.4 Å². The van der Waals surface area contributed by atoms with Crippen LogP contribution in [0.3, 0.4) is 0 Å². The van der Waals surface area contributed by atoms with Crippen molar-refractivity contribution in [2.45, 2.75) is 26.5 Å². The van der Waals surface area contributed by atoms with Crippen LogP contribution in [-0.2, 0) is 6.54 Å². The number of benzene rings is 1. The van der Waals surface area contributed by atoms with Crippen molar-refractivity contribution in [1.82, 2.24) is 9.97 Å². The molecule has 2 N–H and O–H groups in total. The van der Waals surface area contributed by atoms with Crippen molar-refractivity contribution < 1.29 is 4.74 Å². The highest BCUT2D eigenvalue weighted by Gasteiger charge is 2.08. The molecule has 0 saturated heterocycles. The number of hydrogen-bond acceptors (Lipinski definition) is 5. The molecular weight excluding hydrogens is 300 g/mol. The van der Waals surface area contributed by atoms with Gasteiger partial charge in [0.05, 0.1) is 17.5 Å². The van der Waals surface area contributed by atoms with Gasteiger partial charge in [0.15, 0.2) is 0 Å². The maximum absolute atomic E-state index is 5.72. The lowest BCUT2D eigenvalue weighted by Gasteiger charge is -2.14. The van der Waals surface area contributed by atoms with Crippen LogP contribution in [0.15, 0.2) is 30.3 Å². The van der Waals surface area contributed by atoms with Crippen molar-refractivity contribution in [2.24, 2.45) is 5.73 Å². The van der Waals surface area contributed by atoms with E-state index in [9.17, 15) is 0 Å². The van der Waals surface area contributed by atoms with Crippen LogP contribution in [-0.4, -0.2) is 30.2 Å². The second-order valence-electron chi connectivity index (χ2n) is 5.33. The molecule has 0 saturated carbocycles. The van der Waals surface area contributed by atoms with Crippen LogP contribution >= 0.6 is 12.4 Å². The molecule has 0 aliphatic carbocycles. The van der Waals surface area contributed by atoms with Gasteiger partial charge in [-0.1, -0.05) is 0 Å². The molecule has 120 valence electrons. The molecule has 1 heterocycles. The number of anilines is 1. The molecule has 2 rings (SSSR count). The normalized spacial score (nSPS) is 10.3. The first kappa shape index (κ1) is 18.2. The third kappa shape index (κ3) is 4.58. The van der Waals surface area contributed by atoms with E-state index >= 15 is 0 Å². The Bertz CT molecular complexity index is 600. The second-order valence-corrected chi connectivity index (χ2v) is 5.33. The predicted molar refractivity (Wildman–Crippen MR) is 92.7 cm³/mol. The Morgan fingerprint density at radius 2 is 1.77 bits per heavy atom. The third-order valence-electron chi connectivity index (χ3n) is 2.90. The molecule has 5 nitrogen and oxygen atoms in total. The van der Waals surface area contributed by atoms with Crippen LogP contribution in [0.2, 0.25) is 0 Å². The average Bonchev–Trinajstić information content (AvgIpc) is 2.46. The van der Waals surface area contributed by atoms with Crippen molar-refractivity contribution in [3.63, 3.8) is 0 Å². The van der Waals surface area contributed by atoms with E-state index in [4.69, 9.17) is 10.5 Å². The topological polar surface area (TPSA) is 64.3 Å². The van der Waals surface area contributed by atoms with Gasteiger partial charge in [0.2, 0.25) is 5.95 Å². The molecule has 0 amide bonds. The zero-order valence-electron chi connectivity index (χ0n) is 13.4. The number of aromatic nitrogens is 2. The summed E-state index contributed by atoms with van der Waals surface area (Å²) in [5, 5.41) is 0. The van der Waals surface area contributed by atoms with Crippen LogP contribution < -0.4 is 15.4 Å². The number of hydrogen-bond donors (Lipinski definition) is 1. The zero-order valence-corrected chi connectivity index (χ0v) is 14.2. The standard InChI is InChI=1S/C16H22N4O.ClH/c1-11(2)21-14-7-5-12(6-8-14)15-9-13(10-17)18-16(19-15)20(3)4;/h5-9,11H,10,17H2,1-4H3;1H. The molecule has 0 radical (unpaired) electrons. The van der Waals surface area contributed by atoms with E-state index in [0.717, 1.165) is 22.7 Å². The number of halogens is 1. The molecule has 0 spiro atoms. The molecule has 0 aliphatic heterocycles. The van der Waals surface area contributed by atoms with Crippen molar-refractivity contribution in [2.75, 3.05) is 19.0 Å². The van der Waals surface area contributed by atoms with Gasteiger partial charge in [0.25, 0.3) is 0 Å². The number of nitrogens with two attached hydrogens (primary N) is 1. The van der Waals surface area contributed by atoms with Crippen molar-refractivity contribution >= 4 is 18.4 Å². The zero-order chi connectivity index (χ0) is 15.4. The van der Waals surface area contributed by atoms with E-state index in [1.807, 2.05) is 63.2 Å². The van der Waals surface area contributed by atoms with Gasteiger partial charge in [0, 0.05) is 26.2 Å². The number of rotatable bonds is 5. The van der Waals surface area contributed by atoms with Crippen molar-refractivity contribution in [3.8, 4) is 17.0 Å². The summed E-state index contributed by atoms with van der Waals surface area (Å²) in [6, 6.07) is 9.83. The molecule has 0 atom stereocenters. The summed E-state index contributed by atoms with van der Waals surface area (Å²) in [7, 11) is 3.83. The monoisotopic (exact) mass is 322 g/mol. The van der Waals surface area contributed by atoms with Crippen LogP contribution in [0, 0.1) is 0 Å². The van der Waals surface area contributed by atoms with Gasteiger partial charge in [-0.25, -0.2) is 9.97 Å². The summed E-state index contributed by atoms with van der Waals surface area (Å²) in [4.78, 5) is 10.8. The average molecular weight is 323 g/mol. The summed E-state index contributed by atoms with van der Waals surface area (Å²) in [6.07, 6.45) is 0.166. The first-order valence-electron chi connectivity index (χ1n) is 7.02. The highest BCUT2D eigenvalue weighted by Crippen LogP contribution is 2.23. The summed E-state index contributed by atoms with van der Waals surface area (Å²) in [5.74, 6) is 1.52. The highest BCUT2D eigenvalue weighted by molar-refractivity contribution is 5.85. The minimum atomic E-state index is 0. The van der Waals surface area contributed by atoms with E-state index in [2.05, 4.69) is 9.97 Å². The van der Waals surface area contributed by atoms with Crippen molar-refractivity contribution in [1.29, 1.82) is 0 Å². The van der Waals surface area contributed by atoms with Gasteiger partial charge in [0.1, 0.15) is 5.75 Å². The van der Waals surface area contributed by atoms with Gasteiger partial charge in [-0.15, -0.1) is 12.4 Å². The van der Waals surface area contributed by atoms with E-state index in [1.54, 1.807) is 0 Å². The van der Waals surface area contributed by atoms with E-state index in [-0.39, 0.29) is 18.5 Å². The lowest BCUT2D eigenvalue weighted by Crippen LogP contribution is -2.15. The Morgan fingerprint density at radius 1 is 1.14 bits per heavy atom. The fraction of sp³-hybridized carbons (Fsp3) is 0.375. The van der Waals surface area contributed by atoms with Crippen LogP contribution in [0.4, 0.5) is 5.95 Å².